The highest BCUT2D eigenvalue weighted by Crippen LogP contribution is 2.23. The normalized spacial score (nSPS) is 11.7. The number of benzene rings is 2. The lowest BCUT2D eigenvalue weighted by atomic mass is 10.0. The summed E-state index contributed by atoms with van der Waals surface area (Å²) in [5.41, 5.74) is 3.31. The molecule has 0 spiro atoms. The lowest BCUT2D eigenvalue weighted by molar-refractivity contribution is -0.118. The summed E-state index contributed by atoms with van der Waals surface area (Å²) in [5.74, 6) is 0.283. The van der Waals surface area contributed by atoms with Gasteiger partial charge in [-0.2, -0.15) is 0 Å². The van der Waals surface area contributed by atoms with Crippen LogP contribution in [0.5, 0.6) is 11.5 Å². The first-order valence-corrected chi connectivity index (χ1v) is 9.17. The van der Waals surface area contributed by atoms with Crippen LogP contribution in [0.1, 0.15) is 35.3 Å². The Labute approximate surface area is 166 Å². The summed E-state index contributed by atoms with van der Waals surface area (Å²) >= 11 is 0. The van der Waals surface area contributed by atoms with Crippen molar-refractivity contribution in [3.63, 3.8) is 0 Å². The molecule has 0 radical (unpaired) electrons. The Bertz CT molecular complexity index is 839. The summed E-state index contributed by atoms with van der Waals surface area (Å²) in [6.07, 6.45) is 0. The van der Waals surface area contributed by atoms with Gasteiger partial charge in [-0.3, -0.25) is 9.59 Å². The SMILES string of the molecule is COc1cc(OC)cc(C(=O)N[C@H](C(=O)Nc2ccc(C)c(C)c2)C(C)C)c1. The van der Waals surface area contributed by atoms with Crippen LogP contribution in [0, 0.1) is 19.8 Å². The predicted molar refractivity (Wildman–Crippen MR) is 110 cm³/mol. The van der Waals surface area contributed by atoms with Gasteiger partial charge in [0.05, 0.1) is 14.2 Å². The number of hydrogen-bond donors (Lipinski definition) is 2. The van der Waals surface area contributed by atoms with E-state index in [1.807, 2.05) is 45.9 Å². The molecule has 0 aliphatic heterocycles. The maximum Gasteiger partial charge on any atom is 0.252 e. The van der Waals surface area contributed by atoms with Crippen LogP contribution in [-0.4, -0.2) is 32.1 Å². The first-order chi connectivity index (χ1) is 13.2. The zero-order valence-electron chi connectivity index (χ0n) is 17.3. The van der Waals surface area contributed by atoms with Crippen molar-refractivity contribution in [2.75, 3.05) is 19.5 Å². The van der Waals surface area contributed by atoms with E-state index in [-0.39, 0.29) is 17.7 Å². The average molecular weight is 384 g/mol. The zero-order chi connectivity index (χ0) is 20.8. The van der Waals surface area contributed by atoms with Crippen molar-refractivity contribution in [1.82, 2.24) is 5.32 Å². The van der Waals surface area contributed by atoms with Gasteiger partial charge in [-0.05, 0) is 55.2 Å². The van der Waals surface area contributed by atoms with Crippen LogP contribution in [-0.2, 0) is 4.79 Å². The Hall–Kier alpha value is -3.02. The van der Waals surface area contributed by atoms with Gasteiger partial charge in [-0.25, -0.2) is 0 Å². The second kappa shape index (κ2) is 9.26. The van der Waals surface area contributed by atoms with E-state index in [2.05, 4.69) is 10.6 Å². The molecule has 28 heavy (non-hydrogen) atoms. The fraction of sp³-hybridized carbons (Fsp3) is 0.364. The molecule has 2 amide bonds. The van der Waals surface area contributed by atoms with Crippen molar-refractivity contribution >= 4 is 17.5 Å². The molecule has 6 nitrogen and oxygen atoms in total. The molecule has 0 bridgehead atoms. The number of nitrogens with one attached hydrogen (secondary N) is 2. The minimum absolute atomic E-state index is 0.0944. The Morgan fingerprint density at radius 2 is 1.50 bits per heavy atom. The summed E-state index contributed by atoms with van der Waals surface area (Å²) < 4.78 is 10.4. The van der Waals surface area contributed by atoms with Crippen LogP contribution < -0.4 is 20.1 Å². The fourth-order valence-corrected chi connectivity index (χ4v) is 2.74. The molecule has 150 valence electrons. The Kier molecular flexibility index (Phi) is 7.04. The van der Waals surface area contributed by atoms with Crippen LogP contribution >= 0.6 is 0 Å². The number of ether oxygens (including phenoxy) is 2. The predicted octanol–water partition coefficient (Wildman–Crippen LogP) is 3.71. The molecule has 0 fully saturated rings. The van der Waals surface area contributed by atoms with E-state index in [0.717, 1.165) is 11.1 Å². The first kappa shape index (κ1) is 21.3. The third kappa shape index (κ3) is 5.25. The first-order valence-electron chi connectivity index (χ1n) is 9.17. The molecule has 0 saturated heterocycles. The van der Waals surface area contributed by atoms with Gasteiger partial charge in [0.2, 0.25) is 5.91 Å². The van der Waals surface area contributed by atoms with E-state index < -0.39 is 6.04 Å². The minimum atomic E-state index is -0.689. The van der Waals surface area contributed by atoms with Gasteiger partial charge < -0.3 is 20.1 Å². The lowest BCUT2D eigenvalue weighted by Gasteiger charge is -2.22. The molecule has 0 saturated carbocycles. The van der Waals surface area contributed by atoms with Crippen molar-refractivity contribution in [2.24, 2.45) is 5.92 Å². The molecular formula is C22H28N2O4. The fourth-order valence-electron chi connectivity index (χ4n) is 2.74. The quantitative estimate of drug-likeness (QED) is 0.763. The molecule has 2 rings (SSSR count). The Balaban J connectivity index is 2.18. The molecule has 1 atom stereocenters. The summed E-state index contributed by atoms with van der Waals surface area (Å²) in [7, 11) is 3.04. The zero-order valence-corrected chi connectivity index (χ0v) is 17.3. The van der Waals surface area contributed by atoms with Crippen LogP contribution in [0.15, 0.2) is 36.4 Å². The van der Waals surface area contributed by atoms with Gasteiger partial charge in [0.25, 0.3) is 5.91 Å². The third-order valence-corrected chi connectivity index (χ3v) is 4.62. The molecule has 6 heteroatoms. The van der Waals surface area contributed by atoms with E-state index in [9.17, 15) is 9.59 Å². The van der Waals surface area contributed by atoms with Crippen LogP contribution in [0.3, 0.4) is 0 Å². The number of amides is 2. The molecule has 0 aromatic heterocycles. The van der Waals surface area contributed by atoms with Crippen molar-refractivity contribution in [3.05, 3.63) is 53.1 Å². The molecule has 2 N–H and O–H groups in total. The topological polar surface area (TPSA) is 76.7 Å². The Morgan fingerprint density at radius 3 is 2.00 bits per heavy atom. The van der Waals surface area contributed by atoms with Gasteiger partial charge in [0.1, 0.15) is 17.5 Å². The second-order valence-electron chi connectivity index (χ2n) is 7.08. The summed E-state index contributed by atoms with van der Waals surface area (Å²) in [5, 5.41) is 5.71. The van der Waals surface area contributed by atoms with E-state index in [0.29, 0.717) is 22.7 Å². The number of rotatable bonds is 7. The van der Waals surface area contributed by atoms with Gasteiger partial charge >= 0.3 is 0 Å². The molecule has 2 aromatic rings. The summed E-state index contributed by atoms with van der Waals surface area (Å²) in [6, 6.07) is 9.93. The van der Waals surface area contributed by atoms with Gasteiger partial charge in [-0.1, -0.05) is 19.9 Å². The second-order valence-corrected chi connectivity index (χ2v) is 7.08. The van der Waals surface area contributed by atoms with E-state index in [4.69, 9.17) is 9.47 Å². The number of aryl methyl sites for hydroxylation is 2. The highest BCUT2D eigenvalue weighted by Gasteiger charge is 2.25. The van der Waals surface area contributed by atoms with E-state index in [1.165, 1.54) is 14.2 Å². The number of carbonyl (C=O) groups is 2. The van der Waals surface area contributed by atoms with Crippen molar-refractivity contribution < 1.29 is 19.1 Å². The van der Waals surface area contributed by atoms with E-state index in [1.54, 1.807) is 18.2 Å². The molecule has 2 aromatic carbocycles. The molecule has 0 aliphatic carbocycles. The maximum absolute atomic E-state index is 12.8. The summed E-state index contributed by atoms with van der Waals surface area (Å²) in [6.45, 7) is 7.78. The highest BCUT2D eigenvalue weighted by atomic mass is 16.5. The number of anilines is 1. The van der Waals surface area contributed by atoms with Crippen molar-refractivity contribution in [3.8, 4) is 11.5 Å². The van der Waals surface area contributed by atoms with Crippen molar-refractivity contribution in [1.29, 1.82) is 0 Å². The van der Waals surface area contributed by atoms with Gasteiger partial charge in [-0.15, -0.1) is 0 Å². The number of hydrogen-bond acceptors (Lipinski definition) is 4. The van der Waals surface area contributed by atoms with Gasteiger partial charge in [0.15, 0.2) is 0 Å². The van der Waals surface area contributed by atoms with Crippen LogP contribution in [0.2, 0.25) is 0 Å². The van der Waals surface area contributed by atoms with Crippen molar-refractivity contribution in [2.45, 2.75) is 33.7 Å². The molecule has 0 unspecified atom stereocenters. The average Bonchev–Trinajstić information content (AvgIpc) is 2.67. The minimum Gasteiger partial charge on any atom is -0.497 e. The molecule has 0 aliphatic rings. The van der Waals surface area contributed by atoms with Crippen LogP contribution in [0.4, 0.5) is 5.69 Å². The third-order valence-electron chi connectivity index (χ3n) is 4.62. The highest BCUT2D eigenvalue weighted by molar-refractivity contribution is 6.01. The largest absolute Gasteiger partial charge is 0.497 e. The maximum atomic E-state index is 12.8. The Morgan fingerprint density at radius 1 is 0.893 bits per heavy atom. The monoisotopic (exact) mass is 384 g/mol. The van der Waals surface area contributed by atoms with Crippen LogP contribution in [0.25, 0.3) is 0 Å². The molecule has 0 heterocycles. The molecular weight excluding hydrogens is 356 g/mol. The van der Waals surface area contributed by atoms with E-state index >= 15 is 0 Å². The van der Waals surface area contributed by atoms with Gasteiger partial charge in [0, 0.05) is 17.3 Å². The smallest absolute Gasteiger partial charge is 0.252 e. The number of methoxy groups -OCH3 is 2. The summed E-state index contributed by atoms with van der Waals surface area (Å²) in [4.78, 5) is 25.5. The lowest BCUT2D eigenvalue weighted by Crippen LogP contribution is -2.47. The standard InChI is InChI=1S/C22H28N2O4/c1-13(2)20(22(26)23-17-8-7-14(3)15(4)9-17)24-21(25)16-10-18(27-5)12-19(11-16)28-6/h7-13,20H,1-6H3,(H,23,26)(H,24,25)/t20-/m0/s1. The number of carbonyl (C=O) groups excluding carboxylic acids is 2.